The summed E-state index contributed by atoms with van der Waals surface area (Å²) in [5, 5.41) is 9.65. The van der Waals surface area contributed by atoms with Crippen LogP contribution in [0.3, 0.4) is 0 Å². The molecule has 0 aliphatic carbocycles. The normalized spacial score (nSPS) is 10.4. The Morgan fingerprint density at radius 2 is 1.33 bits per heavy atom. The van der Waals surface area contributed by atoms with Gasteiger partial charge in [-0.25, -0.2) is 0 Å². The minimum Gasteiger partial charge on any atom is -0.508 e. The van der Waals surface area contributed by atoms with Gasteiger partial charge >= 0.3 is 0 Å². The van der Waals surface area contributed by atoms with Crippen LogP contribution in [0.4, 0.5) is 0 Å². The number of rotatable bonds is 6. The molecule has 18 heavy (non-hydrogen) atoms. The smallest absolute Gasteiger partial charge is 0.118 e. The lowest BCUT2D eigenvalue weighted by atomic mass is 10.0. The second-order valence-corrected chi connectivity index (χ2v) is 4.67. The zero-order chi connectivity index (χ0) is 12.6. The van der Waals surface area contributed by atoms with Gasteiger partial charge in [-0.3, -0.25) is 0 Å². The quantitative estimate of drug-likeness (QED) is 0.744. The van der Waals surface area contributed by atoms with Gasteiger partial charge < -0.3 is 5.11 Å². The molecule has 0 radical (unpaired) electrons. The van der Waals surface area contributed by atoms with E-state index >= 15 is 0 Å². The number of aryl methyl sites for hydroxylation is 2. The fourth-order valence-corrected chi connectivity index (χ4v) is 2.19. The Morgan fingerprint density at radius 3 is 2.11 bits per heavy atom. The van der Waals surface area contributed by atoms with Crippen LogP contribution in [-0.2, 0) is 12.8 Å². The molecule has 0 atom stereocenters. The molecule has 1 heteroatoms. The first-order valence-corrected chi connectivity index (χ1v) is 6.67. The summed E-state index contributed by atoms with van der Waals surface area (Å²) in [6.07, 6.45) is 5.70. The number of unbranched alkanes of at least 4 members (excludes halogenated alkanes) is 2. The highest BCUT2D eigenvalue weighted by Gasteiger charge is 1.99. The molecule has 0 heterocycles. The highest BCUT2D eigenvalue weighted by Crippen LogP contribution is 2.18. The van der Waals surface area contributed by atoms with Gasteiger partial charge in [-0.05, 0) is 42.9 Å². The van der Waals surface area contributed by atoms with E-state index in [4.69, 9.17) is 0 Å². The van der Waals surface area contributed by atoms with E-state index in [1.807, 2.05) is 18.2 Å². The molecule has 1 nitrogen and oxygen atoms in total. The predicted octanol–water partition coefficient (Wildman–Crippen LogP) is 4.35. The molecule has 0 fully saturated rings. The number of hydrogen-bond acceptors (Lipinski definition) is 1. The van der Waals surface area contributed by atoms with Gasteiger partial charge in [0.1, 0.15) is 5.75 Å². The SMILES string of the molecule is Oc1ccccc1CCCCCc1ccccc1. The van der Waals surface area contributed by atoms with E-state index in [1.54, 1.807) is 6.07 Å². The summed E-state index contributed by atoms with van der Waals surface area (Å²) in [4.78, 5) is 0. The molecular weight excluding hydrogens is 220 g/mol. The standard InChI is InChI=1S/C17H20O/c18-17-14-8-7-13-16(17)12-6-2-5-11-15-9-3-1-4-10-15/h1,3-4,7-10,13-14,18H,2,5-6,11-12H2. The molecule has 2 aromatic rings. The summed E-state index contributed by atoms with van der Waals surface area (Å²) >= 11 is 0. The highest BCUT2D eigenvalue weighted by atomic mass is 16.3. The van der Waals surface area contributed by atoms with Crippen molar-refractivity contribution < 1.29 is 5.11 Å². The van der Waals surface area contributed by atoms with Crippen LogP contribution in [0.2, 0.25) is 0 Å². The Balaban J connectivity index is 1.66. The van der Waals surface area contributed by atoms with Crippen molar-refractivity contribution in [2.24, 2.45) is 0 Å². The van der Waals surface area contributed by atoms with Gasteiger partial charge in [-0.15, -0.1) is 0 Å². The minimum atomic E-state index is 0.431. The zero-order valence-electron chi connectivity index (χ0n) is 10.7. The van der Waals surface area contributed by atoms with Crippen LogP contribution in [0.25, 0.3) is 0 Å². The maximum absolute atomic E-state index is 9.65. The molecule has 0 bridgehead atoms. The molecule has 0 aromatic heterocycles. The van der Waals surface area contributed by atoms with Gasteiger partial charge in [-0.1, -0.05) is 55.0 Å². The van der Waals surface area contributed by atoms with Gasteiger partial charge in [-0.2, -0.15) is 0 Å². The van der Waals surface area contributed by atoms with Gasteiger partial charge in [0.25, 0.3) is 0 Å². The maximum atomic E-state index is 9.65. The number of phenols is 1. The summed E-state index contributed by atoms with van der Waals surface area (Å²) in [7, 11) is 0. The molecule has 0 saturated heterocycles. The van der Waals surface area contributed by atoms with E-state index < -0.39 is 0 Å². The van der Waals surface area contributed by atoms with Crippen LogP contribution in [-0.4, -0.2) is 5.11 Å². The third kappa shape index (κ3) is 3.92. The molecule has 0 aliphatic rings. The average molecular weight is 240 g/mol. The molecule has 0 unspecified atom stereocenters. The van der Waals surface area contributed by atoms with Gasteiger partial charge in [0, 0.05) is 0 Å². The maximum Gasteiger partial charge on any atom is 0.118 e. The van der Waals surface area contributed by atoms with Crippen LogP contribution >= 0.6 is 0 Å². The van der Waals surface area contributed by atoms with Crippen molar-refractivity contribution in [1.82, 2.24) is 0 Å². The third-order valence-corrected chi connectivity index (χ3v) is 3.25. The summed E-state index contributed by atoms with van der Waals surface area (Å²) in [5.41, 5.74) is 2.48. The van der Waals surface area contributed by atoms with Gasteiger partial charge in [0.05, 0.1) is 0 Å². The minimum absolute atomic E-state index is 0.431. The van der Waals surface area contributed by atoms with Gasteiger partial charge in [0.2, 0.25) is 0 Å². The Kier molecular flexibility index (Phi) is 4.83. The van der Waals surface area contributed by atoms with E-state index in [-0.39, 0.29) is 0 Å². The van der Waals surface area contributed by atoms with Crippen molar-refractivity contribution in [3.8, 4) is 5.75 Å². The molecule has 1 N–H and O–H groups in total. The van der Waals surface area contributed by atoms with Crippen molar-refractivity contribution in [3.63, 3.8) is 0 Å². The number of benzene rings is 2. The summed E-state index contributed by atoms with van der Waals surface area (Å²) < 4.78 is 0. The Bertz CT molecular complexity index is 462. The Morgan fingerprint density at radius 1 is 0.667 bits per heavy atom. The van der Waals surface area contributed by atoms with E-state index in [2.05, 4.69) is 30.3 Å². The molecular formula is C17H20O. The summed E-state index contributed by atoms with van der Waals surface area (Å²) in [5.74, 6) is 0.431. The van der Waals surface area contributed by atoms with Crippen molar-refractivity contribution in [1.29, 1.82) is 0 Å². The monoisotopic (exact) mass is 240 g/mol. The lowest BCUT2D eigenvalue weighted by Gasteiger charge is -2.04. The average Bonchev–Trinajstić information content (AvgIpc) is 2.42. The van der Waals surface area contributed by atoms with Crippen LogP contribution in [0.15, 0.2) is 54.6 Å². The highest BCUT2D eigenvalue weighted by molar-refractivity contribution is 5.31. The predicted molar refractivity (Wildman–Crippen MR) is 75.8 cm³/mol. The third-order valence-electron chi connectivity index (χ3n) is 3.25. The molecule has 2 rings (SSSR count). The Labute approximate surface area is 109 Å². The van der Waals surface area contributed by atoms with E-state index in [0.29, 0.717) is 5.75 Å². The zero-order valence-corrected chi connectivity index (χ0v) is 10.7. The molecule has 94 valence electrons. The van der Waals surface area contributed by atoms with Crippen LogP contribution in [0, 0.1) is 0 Å². The van der Waals surface area contributed by atoms with E-state index in [0.717, 1.165) is 24.8 Å². The molecule has 0 amide bonds. The van der Waals surface area contributed by atoms with Gasteiger partial charge in [0.15, 0.2) is 0 Å². The summed E-state index contributed by atoms with van der Waals surface area (Å²) in [6.45, 7) is 0. The van der Waals surface area contributed by atoms with E-state index in [1.165, 1.54) is 18.4 Å². The topological polar surface area (TPSA) is 20.2 Å². The van der Waals surface area contributed by atoms with Crippen molar-refractivity contribution in [2.45, 2.75) is 32.1 Å². The number of phenolic OH excluding ortho intramolecular Hbond substituents is 1. The number of hydrogen-bond donors (Lipinski definition) is 1. The lowest BCUT2D eigenvalue weighted by Crippen LogP contribution is -1.89. The lowest BCUT2D eigenvalue weighted by molar-refractivity contribution is 0.466. The fraction of sp³-hybridized carbons (Fsp3) is 0.294. The first-order valence-electron chi connectivity index (χ1n) is 6.67. The largest absolute Gasteiger partial charge is 0.508 e. The van der Waals surface area contributed by atoms with Crippen LogP contribution in [0.5, 0.6) is 5.75 Å². The first-order chi connectivity index (χ1) is 8.86. The Hall–Kier alpha value is -1.76. The van der Waals surface area contributed by atoms with Crippen molar-refractivity contribution in [3.05, 3.63) is 65.7 Å². The molecule has 2 aromatic carbocycles. The molecule has 0 saturated carbocycles. The van der Waals surface area contributed by atoms with Crippen LogP contribution < -0.4 is 0 Å². The molecule has 0 spiro atoms. The summed E-state index contributed by atoms with van der Waals surface area (Å²) in [6, 6.07) is 18.2. The van der Waals surface area contributed by atoms with Crippen LogP contribution in [0.1, 0.15) is 30.4 Å². The molecule has 0 aliphatic heterocycles. The number of para-hydroxylation sites is 1. The first kappa shape index (κ1) is 12.7. The second kappa shape index (κ2) is 6.85. The van der Waals surface area contributed by atoms with Crippen molar-refractivity contribution >= 4 is 0 Å². The number of aromatic hydroxyl groups is 1. The van der Waals surface area contributed by atoms with Crippen molar-refractivity contribution in [2.75, 3.05) is 0 Å². The fourth-order valence-electron chi connectivity index (χ4n) is 2.19. The van der Waals surface area contributed by atoms with E-state index in [9.17, 15) is 5.11 Å². The second-order valence-electron chi connectivity index (χ2n) is 4.67.